The molecule has 174 valence electrons. The van der Waals surface area contributed by atoms with Crippen LogP contribution in [0.15, 0.2) is 47.5 Å². The van der Waals surface area contributed by atoms with E-state index in [4.69, 9.17) is 0 Å². The third-order valence-electron chi connectivity index (χ3n) is 5.09. The van der Waals surface area contributed by atoms with E-state index in [0.717, 1.165) is 44.8 Å². The molecule has 4 aromatic rings. The first-order valence-corrected chi connectivity index (χ1v) is 12.9. The third kappa shape index (κ3) is 6.09. The zero-order valence-electron chi connectivity index (χ0n) is 18.7. The summed E-state index contributed by atoms with van der Waals surface area (Å²) in [4.78, 5) is 4.99. The first-order chi connectivity index (χ1) is 17.0. The first kappa shape index (κ1) is 24.9. The van der Waals surface area contributed by atoms with Crippen LogP contribution in [0, 0.1) is 41.1 Å². The van der Waals surface area contributed by atoms with Crippen LogP contribution >= 0.6 is 34.9 Å². The lowest BCUT2D eigenvalue weighted by molar-refractivity contribution is 0.588. The van der Waals surface area contributed by atoms with Crippen molar-refractivity contribution >= 4 is 55.1 Å². The quantitative estimate of drug-likeness (QED) is 0.110. The van der Waals surface area contributed by atoms with Crippen molar-refractivity contribution in [1.29, 1.82) is 0 Å². The molecule has 0 atom stereocenters. The van der Waals surface area contributed by atoms with Crippen LogP contribution in [0.2, 0.25) is 0 Å². The second-order valence-corrected chi connectivity index (χ2v) is 10.00. The summed E-state index contributed by atoms with van der Waals surface area (Å²) < 4.78 is 44.6. The fourth-order valence-corrected chi connectivity index (χ4v) is 5.68. The van der Waals surface area contributed by atoms with Crippen molar-refractivity contribution in [2.45, 2.75) is 32.6 Å². The molecule has 4 rings (SSSR count). The van der Waals surface area contributed by atoms with Gasteiger partial charge >= 0.3 is 0 Å². The van der Waals surface area contributed by atoms with E-state index in [1.54, 1.807) is 12.1 Å². The molecule has 0 radical (unpaired) electrons. The van der Waals surface area contributed by atoms with Crippen molar-refractivity contribution in [2.75, 3.05) is 0 Å². The lowest BCUT2D eigenvalue weighted by Gasteiger charge is -2.02. The number of hydrogen-bond acceptors (Lipinski definition) is 4. The van der Waals surface area contributed by atoms with Crippen LogP contribution in [0.3, 0.4) is 0 Å². The number of aliphatic imine (C=N–C) groups is 1. The molecule has 0 bridgehead atoms. The fourth-order valence-electron chi connectivity index (χ4n) is 3.35. The molecule has 0 unspecified atom stereocenters. The van der Waals surface area contributed by atoms with Crippen molar-refractivity contribution in [3.8, 4) is 34.1 Å². The molecule has 0 aliphatic heterocycles. The number of hydrogen-bond donors (Lipinski definition) is 0. The Hall–Kier alpha value is -3.19. The van der Waals surface area contributed by atoms with Gasteiger partial charge in [-0.25, -0.2) is 13.2 Å². The minimum Gasteiger partial charge on any atom is -0.206 e. The molecule has 2 aromatic carbocycles. The molecule has 0 N–H and O–H groups in total. The summed E-state index contributed by atoms with van der Waals surface area (Å²) in [5, 5.41) is 1.98. The molecule has 2 aromatic heterocycles. The van der Waals surface area contributed by atoms with Gasteiger partial charge in [0.2, 0.25) is 0 Å². The Labute approximate surface area is 215 Å². The van der Waals surface area contributed by atoms with Gasteiger partial charge in [0.25, 0.3) is 0 Å². The number of thiocarbonyl (C=S) groups is 1. The summed E-state index contributed by atoms with van der Waals surface area (Å²) in [5.41, 5.74) is 0.934. The standard InChI is InChI=1S/C28H18F3NS3/c1-2-3-4-5-6-7-19-10-8-18(12-22(19)29)9-11-21-15-26-27(34-21)16-25(35-26)20-13-23(30)28(32-17-33)24(31)14-20/h8,10,12-16H,2-5H2,1H3. The maximum Gasteiger partial charge on any atom is 0.153 e. The number of thiophene rings is 2. The number of rotatable bonds is 5. The van der Waals surface area contributed by atoms with Crippen LogP contribution in [-0.4, -0.2) is 5.16 Å². The van der Waals surface area contributed by atoms with Crippen LogP contribution in [0.25, 0.3) is 19.8 Å². The molecule has 0 spiro atoms. The molecule has 0 fully saturated rings. The van der Waals surface area contributed by atoms with Crippen molar-refractivity contribution < 1.29 is 13.2 Å². The van der Waals surface area contributed by atoms with Crippen molar-refractivity contribution in [2.24, 2.45) is 4.99 Å². The number of fused-ring (bicyclic) bond motifs is 1. The fraction of sp³-hybridized carbons (Fsp3) is 0.179. The molecule has 0 saturated carbocycles. The minimum absolute atomic E-state index is 0.377. The maximum absolute atomic E-state index is 14.4. The molecule has 1 nitrogen and oxygen atoms in total. The highest BCUT2D eigenvalue weighted by atomic mass is 32.1. The Bertz CT molecular complexity index is 1510. The second-order valence-electron chi connectivity index (χ2n) is 7.64. The Kier molecular flexibility index (Phi) is 8.18. The number of unbranched alkanes of at least 4 members (excludes halogenated alkanes) is 3. The van der Waals surface area contributed by atoms with Crippen LogP contribution in [0.1, 0.15) is 48.6 Å². The molecular weight excluding hydrogens is 504 g/mol. The monoisotopic (exact) mass is 521 g/mol. The molecule has 0 aliphatic rings. The Balaban J connectivity index is 1.51. The number of nitrogens with zero attached hydrogens (tertiary/aromatic N) is 1. The van der Waals surface area contributed by atoms with Gasteiger partial charge in [0.05, 0.1) is 15.6 Å². The van der Waals surface area contributed by atoms with Crippen LogP contribution in [0.4, 0.5) is 18.9 Å². The summed E-state index contributed by atoms with van der Waals surface area (Å²) in [6, 6.07) is 11.1. The van der Waals surface area contributed by atoms with Crippen LogP contribution < -0.4 is 0 Å². The van der Waals surface area contributed by atoms with Gasteiger partial charge in [-0.1, -0.05) is 43.4 Å². The average Bonchev–Trinajstić information content (AvgIpc) is 3.40. The zero-order valence-corrected chi connectivity index (χ0v) is 21.1. The summed E-state index contributed by atoms with van der Waals surface area (Å²) in [7, 11) is 0. The lowest BCUT2D eigenvalue weighted by Crippen LogP contribution is -1.85. The van der Waals surface area contributed by atoms with Gasteiger partial charge in [0, 0.05) is 26.3 Å². The van der Waals surface area contributed by atoms with Gasteiger partial charge in [0.15, 0.2) is 11.6 Å². The number of isothiocyanates is 1. The van der Waals surface area contributed by atoms with E-state index in [1.165, 1.54) is 40.9 Å². The molecular formula is C28H18F3NS3. The highest BCUT2D eigenvalue weighted by Gasteiger charge is 2.14. The highest BCUT2D eigenvalue weighted by molar-refractivity contribution is 7.78. The van der Waals surface area contributed by atoms with E-state index in [-0.39, 0.29) is 5.82 Å². The molecule has 0 aliphatic carbocycles. The SMILES string of the molecule is CCCCCC#Cc1ccc(C#Cc2cc3sc(-c4cc(F)c(N=C=S)c(F)c4)cc3s2)cc1F. The number of halogens is 3. The van der Waals surface area contributed by atoms with Crippen molar-refractivity contribution in [1.82, 2.24) is 0 Å². The summed E-state index contributed by atoms with van der Waals surface area (Å²) in [5.74, 6) is 10.0. The van der Waals surface area contributed by atoms with E-state index in [2.05, 4.69) is 47.8 Å². The van der Waals surface area contributed by atoms with E-state index in [9.17, 15) is 13.2 Å². The lowest BCUT2D eigenvalue weighted by atomic mass is 10.1. The predicted octanol–water partition coefficient (Wildman–Crippen LogP) is 9.11. The molecule has 35 heavy (non-hydrogen) atoms. The molecule has 0 saturated heterocycles. The van der Waals surface area contributed by atoms with E-state index >= 15 is 0 Å². The normalized spacial score (nSPS) is 10.3. The third-order valence-corrected chi connectivity index (χ3v) is 7.44. The first-order valence-electron chi connectivity index (χ1n) is 10.9. The molecule has 2 heterocycles. The smallest absolute Gasteiger partial charge is 0.153 e. The highest BCUT2D eigenvalue weighted by Crippen LogP contribution is 2.39. The topological polar surface area (TPSA) is 12.4 Å². The van der Waals surface area contributed by atoms with Gasteiger partial charge in [-0.2, -0.15) is 4.99 Å². The van der Waals surface area contributed by atoms with Crippen LogP contribution in [-0.2, 0) is 0 Å². The predicted molar refractivity (Wildman–Crippen MR) is 143 cm³/mol. The Morgan fingerprint density at radius 1 is 0.857 bits per heavy atom. The van der Waals surface area contributed by atoms with Crippen molar-refractivity contribution in [3.63, 3.8) is 0 Å². The van der Waals surface area contributed by atoms with Crippen molar-refractivity contribution in [3.05, 3.63) is 75.9 Å². The maximum atomic E-state index is 14.4. The van der Waals surface area contributed by atoms with Gasteiger partial charge in [-0.3, -0.25) is 0 Å². The number of benzene rings is 2. The minimum atomic E-state index is -0.790. The van der Waals surface area contributed by atoms with Gasteiger partial charge < -0.3 is 0 Å². The summed E-state index contributed by atoms with van der Waals surface area (Å²) >= 11 is 7.31. The largest absolute Gasteiger partial charge is 0.206 e. The molecule has 7 heteroatoms. The van der Waals surface area contributed by atoms with Gasteiger partial charge in [0.1, 0.15) is 11.5 Å². The Morgan fingerprint density at radius 2 is 1.63 bits per heavy atom. The van der Waals surface area contributed by atoms with Gasteiger partial charge in [-0.05, 0) is 66.7 Å². The van der Waals surface area contributed by atoms with Gasteiger partial charge in [-0.15, -0.1) is 22.7 Å². The second kappa shape index (κ2) is 11.5. The van der Waals surface area contributed by atoms with E-state index in [0.29, 0.717) is 16.7 Å². The van der Waals surface area contributed by atoms with E-state index in [1.807, 2.05) is 17.3 Å². The van der Waals surface area contributed by atoms with Crippen LogP contribution in [0.5, 0.6) is 0 Å². The summed E-state index contributed by atoms with van der Waals surface area (Å²) in [6.45, 7) is 2.13. The zero-order chi connectivity index (χ0) is 24.8. The Morgan fingerprint density at radius 3 is 2.31 bits per heavy atom. The van der Waals surface area contributed by atoms with E-state index < -0.39 is 17.3 Å². The summed E-state index contributed by atoms with van der Waals surface area (Å²) in [6.07, 6.45) is 4.05. The molecule has 0 amide bonds. The average molecular weight is 522 g/mol.